The second-order valence-corrected chi connectivity index (χ2v) is 6.80. The van der Waals surface area contributed by atoms with Crippen molar-refractivity contribution < 1.29 is 29.0 Å². The highest BCUT2D eigenvalue weighted by Crippen LogP contribution is 2.17. The zero-order chi connectivity index (χ0) is 17.0. The minimum Gasteiger partial charge on any atom is -0.481 e. The summed E-state index contributed by atoms with van der Waals surface area (Å²) < 4.78 is 10.1. The Balaban J connectivity index is 4.83. The molecule has 21 heavy (non-hydrogen) atoms. The molecule has 0 aliphatic carbocycles. The summed E-state index contributed by atoms with van der Waals surface area (Å²) in [6.45, 7) is 9.87. The molecule has 122 valence electrons. The Bertz CT molecular complexity index is 405. The number of rotatable bonds is 5. The summed E-state index contributed by atoms with van der Waals surface area (Å²) in [6.07, 6.45) is -0.376. The smallest absolute Gasteiger partial charge is 0.323 e. The topological polar surface area (TPSA) is 116 Å². The highest BCUT2D eigenvalue weighted by atomic mass is 16.6. The van der Waals surface area contributed by atoms with Crippen LogP contribution in [0.1, 0.15) is 48.0 Å². The fourth-order valence-corrected chi connectivity index (χ4v) is 1.40. The Morgan fingerprint density at radius 2 is 1.33 bits per heavy atom. The molecule has 7 heteroatoms. The maximum absolute atomic E-state index is 11.8. The number of carbonyl (C=O) groups excluding carboxylic acids is 2. The highest BCUT2D eigenvalue weighted by molar-refractivity contribution is 5.94. The molecule has 0 bridgehead atoms. The minimum absolute atomic E-state index is 0.376. The summed E-state index contributed by atoms with van der Waals surface area (Å²) in [7, 11) is 0. The van der Waals surface area contributed by atoms with E-state index in [9.17, 15) is 14.4 Å². The van der Waals surface area contributed by atoms with Crippen LogP contribution in [0.3, 0.4) is 0 Å². The molecule has 0 aromatic heterocycles. The molecular weight excluding hydrogens is 278 g/mol. The van der Waals surface area contributed by atoms with E-state index >= 15 is 0 Å². The van der Waals surface area contributed by atoms with Gasteiger partial charge in [0.05, 0.1) is 0 Å². The number of hydrogen-bond donors (Lipinski definition) is 2. The van der Waals surface area contributed by atoms with Crippen molar-refractivity contribution in [2.24, 2.45) is 11.7 Å². The first-order chi connectivity index (χ1) is 9.23. The van der Waals surface area contributed by atoms with Crippen LogP contribution in [-0.4, -0.2) is 40.3 Å². The van der Waals surface area contributed by atoms with Gasteiger partial charge in [-0.15, -0.1) is 0 Å². The van der Waals surface area contributed by atoms with Crippen molar-refractivity contribution in [2.75, 3.05) is 0 Å². The summed E-state index contributed by atoms with van der Waals surface area (Å²) >= 11 is 0. The molecule has 0 fully saturated rings. The van der Waals surface area contributed by atoms with Gasteiger partial charge in [0, 0.05) is 0 Å². The zero-order valence-electron chi connectivity index (χ0n) is 13.4. The average Bonchev–Trinajstić information content (AvgIpc) is 2.19. The van der Waals surface area contributed by atoms with Crippen LogP contribution in [0.25, 0.3) is 0 Å². The number of carboxylic acids is 1. The second-order valence-electron chi connectivity index (χ2n) is 6.80. The van der Waals surface area contributed by atoms with Crippen LogP contribution in [-0.2, 0) is 23.9 Å². The first-order valence-corrected chi connectivity index (χ1v) is 6.67. The first-order valence-electron chi connectivity index (χ1n) is 6.67. The lowest BCUT2D eigenvalue weighted by molar-refractivity contribution is -0.168. The lowest BCUT2D eigenvalue weighted by atomic mass is 10.00. The fourth-order valence-electron chi connectivity index (χ4n) is 1.40. The molecule has 0 heterocycles. The van der Waals surface area contributed by atoms with Crippen molar-refractivity contribution in [1.29, 1.82) is 0 Å². The van der Waals surface area contributed by atoms with Crippen LogP contribution in [0.5, 0.6) is 0 Å². The number of esters is 2. The van der Waals surface area contributed by atoms with Crippen LogP contribution in [0.15, 0.2) is 0 Å². The van der Waals surface area contributed by atoms with Crippen molar-refractivity contribution in [3.8, 4) is 0 Å². The normalized spacial score (nSPS) is 15.0. The predicted molar refractivity (Wildman–Crippen MR) is 75.4 cm³/mol. The van der Waals surface area contributed by atoms with Gasteiger partial charge in [-0.2, -0.15) is 0 Å². The first kappa shape index (κ1) is 19.4. The maximum atomic E-state index is 11.8. The molecule has 2 unspecified atom stereocenters. The summed E-state index contributed by atoms with van der Waals surface area (Å²) in [4.78, 5) is 34.7. The van der Waals surface area contributed by atoms with E-state index in [1.807, 2.05) is 0 Å². The number of carboxylic acid groups (broad SMARTS) is 1. The van der Waals surface area contributed by atoms with Gasteiger partial charge in [-0.05, 0) is 48.0 Å². The third-order valence-corrected chi connectivity index (χ3v) is 2.19. The van der Waals surface area contributed by atoms with Gasteiger partial charge < -0.3 is 20.3 Å². The number of ether oxygens (including phenoxy) is 2. The third-order valence-electron chi connectivity index (χ3n) is 2.19. The van der Waals surface area contributed by atoms with E-state index < -0.39 is 41.1 Å². The predicted octanol–water partition coefficient (Wildman–Crippen LogP) is 1.09. The molecule has 3 N–H and O–H groups in total. The van der Waals surface area contributed by atoms with E-state index in [1.165, 1.54) is 0 Å². The molecule has 0 aliphatic heterocycles. The SMILES string of the molecule is CC(C)(C)OC(=O)C(N)CC(C(=O)O)C(=O)OC(C)(C)C. The maximum Gasteiger partial charge on any atom is 0.323 e. The molecule has 0 amide bonds. The average molecular weight is 303 g/mol. The molecule has 0 aliphatic rings. The lowest BCUT2D eigenvalue weighted by Crippen LogP contribution is -2.42. The molecule has 0 saturated carbocycles. The number of hydrogen-bond acceptors (Lipinski definition) is 6. The third kappa shape index (κ3) is 8.29. The van der Waals surface area contributed by atoms with Crippen LogP contribution in [0, 0.1) is 5.92 Å². The van der Waals surface area contributed by atoms with Crippen LogP contribution in [0.4, 0.5) is 0 Å². The molecule has 7 nitrogen and oxygen atoms in total. The fraction of sp³-hybridized carbons (Fsp3) is 0.786. The standard InChI is InChI=1S/C14H25NO6/c1-13(2,3)20-11(18)8(10(16)17)7-9(15)12(19)21-14(4,5)6/h8-9H,7,15H2,1-6H3,(H,16,17). The second kappa shape index (κ2) is 6.89. The molecule has 0 saturated heterocycles. The van der Waals surface area contributed by atoms with Crippen molar-refractivity contribution in [3.05, 3.63) is 0 Å². The monoisotopic (exact) mass is 303 g/mol. The van der Waals surface area contributed by atoms with Crippen molar-refractivity contribution in [1.82, 2.24) is 0 Å². The van der Waals surface area contributed by atoms with Gasteiger partial charge >= 0.3 is 17.9 Å². The summed E-state index contributed by atoms with van der Waals surface area (Å²) in [5, 5.41) is 9.10. The van der Waals surface area contributed by atoms with E-state index in [0.717, 1.165) is 0 Å². The molecule has 0 radical (unpaired) electrons. The van der Waals surface area contributed by atoms with E-state index in [0.29, 0.717) is 0 Å². The molecule has 0 aromatic rings. The number of carbonyl (C=O) groups is 3. The van der Waals surface area contributed by atoms with Crippen molar-refractivity contribution in [3.63, 3.8) is 0 Å². The Morgan fingerprint density at radius 3 is 1.67 bits per heavy atom. The van der Waals surface area contributed by atoms with Crippen LogP contribution < -0.4 is 5.73 Å². The summed E-state index contributed by atoms with van der Waals surface area (Å²) in [5.41, 5.74) is 4.06. The van der Waals surface area contributed by atoms with Gasteiger partial charge in [0.2, 0.25) is 0 Å². The summed E-state index contributed by atoms with van der Waals surface area (Å²) in [6, 6.07) is -1.21. The van der Waals surface area contributed by atoms with E-state index in [4.69, 9.17) is 20.3 Å². The van der Waals surface area contributed by atoms with Gasteiger partial charge in [0.1, 0.15) is 17.2 Å². The molecule has 2 atom stereocenters. The quantitative estimate of drug-likeness (QED) is 0.576. The Hall–Kier alpha value is -1.63. The Kier molecular flexibility index (Phi) is 6.35. The van der Waals surface area contributed by atoms with Crippen LogP contribution in [0.2, 0.25) is 0 Å². The van der Waals surface area contributed by atoms with Gasteiger partial charge in [-0.1, -0.05) is 0 Å². The highest BCUT2D eigenvalue weighted by Gasteiger charge is 2.35. The van der Waals surface area contributed by atoms with Gasteiger partial charge in [-0.25, -0.2) is 0 Å². The van der Waals surface area contributed by atoms with Crippen molar-refractivity contribution >= 4 is 17.9 Å². The van der Waals surface area contributed by atoms with E-state index in [-0.39, 0.29) is 6.42 Å². The number of aliphatic carboxylic acids is 1. The van der Waals surface area contributed by atoms with E-state index in [1.54, 1.807) is 41.5 Å². The van der Waals surface area contributed by atoms with Crippen LogP contribution >= 0.6 is 0 Å². The number of nitrogens with two attached hydrogens (primary N) is 1. The largest absolute Gasteiger partial charge is 0.481 e. The Labute approximate surface area is 124 Å². The molecule has 0 aromatic carbocycles. The van der Waals surface area contributed by atoms with Gasteiger partial charge in [0.15, 0.2) is 5.92 Å². The van der Waals surface area contributed by atoms with Gasteiger partial charge in [-0.3, -0.25) is 14.4 Å². The molecule has 0 rings (SSSR count). The lowest BCUT2D eigenvalue weighted by Gasteiger charge is -2.25. The van der Waals surface area contributed by atoms with Gasteiger partial charge in [0.25, 0.3) is 0 Å². The Morgan fingerprint density at radius 1 is 0.952 bits per heavy atom. The summed E-state index contributed by atoms with van der Waals surface area (Å²) in [5.74, 6) is -4.57. The van der Waals surface area contributed by atoms with E-state index in [2.05, 4.69) is 0 Å². The molecular formula is C14H25NO6. The van der Waals surface area contributed by atoms with Crippen molar-refractivity contribution in [2.45, 2.75) is 65.2 Å². The zero-order valence-corrected chi connectivity index (χ0v) is 13.4. The molecule has 0 spiro atoms. The minimum atomic E-state index is -1.51.